The van der Waals surface area contributed by atoms with Gasteiger partial charge in [0.2, 0.25) is 5.91 Å². The highest BCUT2D eigenvalue weighted by molar-refractivity contribution is 8.01. The van der Waals surface area contributed by atoms with E-state index >= 15 is 0 Å². The summed E-state index contributed by atoms with van der Waals surface area (Å²) in [6.45, 7) is 5.50. The van der Waals surface area contributed by atoms with Crippen molar-refractivity contribution in [3.8, 4) is 0 Å². The Morgan fingerprint density at radius 3 is 2.67 bits per heavy atom. The van der Waals surface area contributed by atoms with Gasteiger partial charge in [-0.05, 0) is 38.0 Å². The number of thioether (sulfide) groups is 1. The average Bonchev–Trinajstić information content (AvgIpc) is 2.44. The van der Waals surface area contributed by atoms with Crippen LogP contribution in [0.1, 0.15) is 26.3 Å². The first-order chi connectivity index (χ1) is 9.76. The molecule has 0 spiro atoms. The molecule has 5 nitrogen and oxygen atoms in total. The molecule has 0 aliphatic carbocycles. The van der Waals surface area contributed by atoms with Gasteiger partial charge in [-0.1, -0.05) is 19.1 Å². The van der Waals surface area contributed by atoms with Crippen LogP contribution in [0.2, 0.25) is 0 Å². The summed E-state index contributed by atoms with van der Waals surface area (Å²) in [5.41, 5.74) is 7.52. The zero-order chi connectivity index (χ0) is 16.0. The minimum atomic E-state index is -1.07. The maximum atomic E-state index is 11.9. The van der Waals surface area contributed by atoms with Crippen LogP contribution in [0.3, 0.4) is 0 Å². The Labute approximate surface area is 129 Å². The van der Waals surface area contributed by atoms with Crippen LogP contribution in [0.4, 0.5) is 5.69 Å². The molecule has 1 aromatic carbocycles. The Morgan fingerprint density at radius 2 is 2.10 bits per heavy atom. The summed E-state index contributed by atoms with van der Waals surface area (Å²) in [7, 11) is 0. The molecule has 4 N–H and O–H groups in total. The zero-order valence-corrected chi connectivity index (χ0v) is 13.4. The molecule has 0 aliphatic heterocycles. The van der Waals surface area contributed by atoms with E-state index in [-0.39, 0.29) is 11.7 Å². The SMILES string of the molecule is CCc1cccc(NC(=O)CSC(C)(C)[C@@H](N)C(=O)O)c1. The van der Waals surface area contributed by atoms with E-state index in [1.807, 2.05) is 31.2 Å². The van der Waals surface area contributed by atoms with Crippen molar-refractivity contribution < 1.29 is 14.7 Å². The molecule has 0 aromatic heterocycles. The highest BCUT2D eigenvalue weighted by atomic mass is 32.2. The Hall–Kier alpha value is -1.53. The lowest BCUT2D eigenvalue weighted by molar-refractivity contribution is -0.139. The molecule has 0 saturated carbocycles. The summed E-state index contributed by atoms with van der Waals surface area (Å²) < 4.78 is -0.714. The van der Waals surface area contributed by atoms with Crippen molar-refractivity contribution in [3.05, 3.63) is 29.8 Å². The molecule has 6 heteroatoms. The van der Waals surface area contributed by atoms with Gasteiger partial charge < -0.3 is 16.2 Å². The molecule has 116 valence electrons. The zero-order valence-electron chi connectivity index (χ0n) is 12.6. The minimum Gasteiger partial charge on any atom is -0.480 e. The number of hydrogen-bond donors (Lipinski definition) is 3. The van der Waals surface area contributed by atoms with Crippen molar-refractivity contribution in [1.82, 2.24) is 0 Å². The van der Waals surface area contributed by atoms with E-state index in [2.05, 4.69) is 5.32 Å². The fraction of sp³-hybridized carbons (Fsp3) is 0.467. The fourth-order valence-electron chi connectivity index (χ4n) is 1.70. The number of hydrogen-bond acceptors (Lipinski definition) is 4. The van der Waals surface area contributed by atoms with Gasteiger partial charge in [-0.2, -0.15) is 0 Å². The van der Waals surface area contributed by atoms with Gasteiger partial charge in [-0.15, -0.1) is 11.8 Å². The second-order valence-electron chi connectivity index (χ2n) is 5.31. The van der Waals surface area contributed by atoms with Crippen LogP contribution in [0.25, 0.3) is 0 Å². The number of carbonyl (C=O) groups is 2. The highest BCUT2D eigenvalue weighted by Crippen LogP contribution is 2.27. The molecule has 1 atom stereocenters. The molecule has 0 saturated heterocycles. The smallest absolute Gasteiger partial charge is 0.321 e. The van der Waals surface area contributed by atoms with Gasteiger partial charge in [-0.3, -0.25) is 9.59 Å². The van der Waals surface area contributed by atoms with Gasteiger partial charge in [-0.25, -0.2) is 0 Å². The third-order valence-corrected chi connectivity index (χ3v) is 4.61. The second-order valence-corrected chi connectivity index (χ2v) is 6.94. The van der Waals surface area contributed by atoms with E-state index in [1.54, 1.807) is 13.8 Å². The Morgan fingerprint density at radius 1 is 1.43 bits per heavy atom. The topological polar surface area (TPSA) is 92.4 Å². The molecule has 0 unspecified atom stereocenters. The van der Waals surface area contributed by atoms with Crippen LogP contribution in [-0.4, -0.2) is 33.5 Å². The quantitative estimate of drug-likeness (QED) is 0.717. The lowest BCUT2D eigenvalue weighted by Crippen LogP contribution is -2.47. The number of carboxylic acids is 1. The number of rotatable bonds is 7. The standard InChI is InChI=1S/C15H22N2O3S/c1-4-10-6-5-7-11(8-10)17-12(18)9-21-15(2,3)13(16)14(19)20/h5-8,13H,4,9,16H2,1-3H3,(H,17,18)(H,19,20)/t13-/m0/s1. The van der Waals surface area contributed by atoms with E-state index in [4.69, 9.17) is 10.8 Å². The number of nitrogens with one attached hydrogen (secondary N) is 1. The first-order valence-corrected chi connectivity index (χ1v) is 7.76. The van der Waals surface area contributed by atoms with Crippen LogP contribution in [0, 0.1) is 0 Å². The number of carbonyl (C=O) groups excluding carboxylic acids is 1. The van der Waals surface area contributed by atoms with Crippen molar-refractivity contribution >= 4 is 29.3 Å². The molecule has 0 fully saturated rings. The van der Waals surface area contributed by atoms with Crippen molar-refractivity contribution in [1.29, 1.82) is 0 Å². The normalized spacial score (nSPS) is 12.8. The van der Waals surface area contributed by atoms with E-state index in [0.29, 0.717) is 0 Å². The summed E-state index contributed by atoms with van der Waals surface area (Å²) in [6, 6.07) is 6.64. The summed E-state index contributed by atoms with van der Waals surface area (Å²) >= 11 is 1.23. The van der Waals surface area contributed by atoms with E-state index in [1.165, 1.54) is 11.8 Å². The molecule has 0 bridgehead atoms. The Balaban J connectivity index is 2.56. The first kappa shape index (κ1) is 17.5. The Bertz CT molecular complexity index is 517. The summed E-state index contributed by atoms with van der Waals surface area (Å²) in [6.07, 6.45) is 0.902. The predicted molar refractivity (Wildman–Crippen MR) is 86.6 cm³/mol. The number of nitrogens with two attached hydrogens (primary N) is 1. The molecule has 1 rings (SSSR count). The van der Waals surface area contributed by atoms with Crippen molar-refractivity contribution in [2.24, 2.45) is 5.73 Å². The lowest BCUT2D eigenvalue weighted by Gasteiger charge is -2.27. The average molecular weight is 310 g/mol. The number of amides is 1. The van der Waals surface area contributed by atoms with Gasteiger partial charge in [0.25, 0.3) is 0 Å². The lowest BCUT2D eigenvalue weighted by atomic mass is 10.1. The number of aliphatic carboxylic acids is 1. The predicted octanol–water partition coefficient (Wildman–Crippen LogP) is 2.11. The van der Waals surface area contributed by atoms with Gasteiger partial charge in [0, 0.05) is 10.4 Å². The van der Waals surface area contributed by atoms with Crippen LogP contribution < -0.4 is 11.1 Å². The number of aryl methyl sites for hydroxylation is 1. The van der Waals surface area contributed by atoms with E-state index in [0.717, 1.165) is 17.7 Å². The summed E-state index contributed by atoms with van der Waals surface area (Å²) in [5, 5.41) is 11.7. The number of anilines is 1. The molecular weight excluding hydrogens is 288 g/mol. The molecule has 0 radical (unpaired) electrons. The van der Waals surface area contributed by atoms with Gasteiger partial charge >= 0.3 is 5.97 Å². The number of carboxylic acid groups (broad SMARTS) is 1. The molecule has 0 aliphatic rings. The monoisotopic (exact) mass is 310 g/mol. The maximum absolute atomic E-state index is 11.9. The van der Waals surface area contributed by atoms with Crippen LogP contribution >= 0.6 is 11.8 Å². The molecule has 0 heterocycles. The third-order valence-electron chi connectivity index (χ3n) is 3.21. The second kappa shape index (κ2) is 7.47. The van der Waals surface area contributed by atoms with Gasteiger partial charge in [0.05, 0.1) is 5.75 Å². The molecule has 1 aromatic rings. The minimum absolute atomic E-state index is 0.157. The van der Waals surface area contributed by atoms with Crippen molar-refractivity contribution in [2.45, 2.75) is 38.0 Å². The van der Waals surface area contributed by atoms with Crippen LogP contribution in [0.15, 0.2) is 24.3 Å². The van der Waals surface area contributed by atoms with Gasteiger partial charge in [0.15, 0.2) is 0 Å². The molecule has 1 amide bonds. The summed E-state index contributed by atoms with van der Waals surface area (Å²) in [4.78, 5) is 22.8. The first-order valence-electron chi connectivity index (χ1n) is 6.77. The van der Waals surface area contributed by atoms with Crippen molar-refractivity contribution in [2.75, 3.05) is 11.1 Å². The third kappa shape index (κ3) is 5.40. The van der Waals surface area contributed by atoms with Crippen LogP contribution in [-0.2, 0) is 16.0 Å². The molecule has 21 heavy (non-hydrogen) atoms. The van der Waals surface area contributed by atoms with Crippen molar-refractivity contribution in [3.63, 3.8) is 0 Å². The maximum Gasteiger partial charge on any atom is 0.321 e. The highest BCUT2D eigenvalue weighted by Gasteiger charge is 2.33. The fourth-order valence-corrected chi connectivity index (χ4v) is 2.56. The molecular formula is C15H22N2O3S. The van der Waals surface area contributed by atoms with Gasteiger partial charge in [0.1, 0.15) is 6.04 Å². The van der Waals surface area contributed by atoms with Crippen LogP contribution in [0.5, 0.6) is 0 Å². The Kier molecular flexibility index (Phi) is 6.23. The van der Waals surface area contributed by atoms with E-state index < -0.39 is 16.8 Å². The number of benzene rings is 1. The largest absolute Gasteiger partial charge is 0.480 e. The van der Waals surface area contributed by atoms with E-state index in [9.17, 15) is 9.59 Å². The summed E-state index contributed by atoms with van der Waals surface area (Å²) in [5.74, 6) is -1.08.